The van der Waals surface area contributed by atoms with Crippen molar-refractivity contribution in [2.45, 2.75) is 26.3 Å². The average Bonchev–Trinajstić information content (AvgIpc) is 2.37. The number of rotatable bonds is 4. The maximum Gasteiger partial charge on any atom is 0.263 e. The van der Waals surface area contributed by atoms with E-state index in [4.69, 9.17) is 5.73 Å². The summed E-state index contributed by atoms with van der Waals surface area (Å²) in [6, 6.07) is 2.63. The van der Waals surface area contributed by atoms with Crippen molar-refractivity contribution in [1.29, 1.82) is 0 Å². The molecule has 2 rings (SSSR count). The molecule has 6 nitrogen and oxygen atoms in total. The molecule has 0 saturated carbocycles. The highest BCUT2D eigenvalue weighted by molar-refractivity contribution is 5.79. The van der Waals surface area contributed by atoms with E-state index in [-0.39, 0.29) is 11.5 Å². The van der Waals surface area contributed by atoms with E-state index in [0.717, 1.165) is 0 Å². The van der Waals surface area contributed by atoms with Gasteiger partial charge in [0.25, 0.3) is 5.56 Å². The summed E-state index contributed by atoms with van der Waals surface area (Å²) in [4.78, 5) is 32.0. The predicted octanol–water partition coefficient (Wildman–Crippen LogP) is 0.864. The molecule has 6 heteroatoms. The predicted molar refractivity (Wildman–Crippen MR) is 71.5 cm³/mol. The van der Waals surface area contributed by atoms with Gasteiger partial charge in [-0.05, 0) is 24.5 Å². The minimum absolute atomic E-state index is 0.244. The van der Waals surface area contributed by atoms with E-state index in [1.54, 1.807) is 18.3 Å². The van der Waals surface area contributed by atoms with Crippen molar-refractivity contribution in [2.75, 3.05) is 0 Å². The molecule has 0 aliphatic carbocycles. The second-order valence-electron chi connectivity index (χ2n) is 4.88. The van der Waals surface area contributed by atoms with E-state index >= 15 is 0 Å². The number of aromatic nitrogens is 3. The van der Waals surface area contributed by atoms with Gasteiger partial charge in [-0.15, -0.1) is 0 Å². The third-order valence-corrected chi connectivity index (χ3v) is 2.91. The molecule has 2 N–H and O–H groups in total. The summed E-state index contributed by atoms with van der Waals surface area (Å²) in [7, 11) is 0. The quantitative estimate of drug-likeness (QED) is 0.882. The normalized spacial score (nSPS) is 12.8. The van der Waals surface area contributed by atoms with E-state index in [0.29, 0.717) is 17.5 Å². The topological polar surface area (TPSA) is 90.9 Å². The van der Waals surface area contributed by atoms with Crippen molar-refractivity contribution in [3.63, 3.8) is 0 Å². The number of hydrogen-bond donors (Lipinski definition) is 1. The smallest absolute Gasteiger partial charge is 0.263 e. The molecule has 0 unspecified atom stereocenters. The average molecular weight is 260 g/mol. The van der Waals surface area contributed by atoms with Crippen LogP contribution in [0.4, 0.5) is 0 Å². The van der Waals surface area contributed by atoms with E-state index < -0.39 is 11.9 Å². The van der Waals surface area contributed by atoms with E-state index in [2.05, 4.69) is 9.97 Å². The van der Waals surface area contributed by atoms with Gasteiger partial charge in [-0.25, -0.2) is 9.97 Å². The summed E-state index contributed by atoms with van der Waals surface area (Å²) in [6.45, 7) is 3.94. The zero-order valence-corrected chi connectivity index (χ0v) is 10.9. The van der Waals surface area contributed by atoms with Gasteiger partial charge in [0.1, 0.15) is 12.4 Å². The van der Waals surface area contributed by atoms with Crippen LogP contribution in [0.2, 0.25) is 0 Å². The van der Waals surface area contributed by atoms with Crippen LogP contribution < -0.4 is 11.3 Å². The zero-order valence-electron chi connectivity index (χ0n) is 10.9. The fourth-order valence-corrected chi connectivity index (χ4v) is 2.01. The van der Waals surface area contributed by atoms with Crippen LogP contribution in [0.3, 0.4) is 0 Å². The molecular weight excluding hydrogens is 244 g/mol. The second kappa shape index (κ2) is 5.17. The molecule has 19 heavy (non-hydrogen) atoms. The lowest BCUT2D eigenvalue weighted by Crippen LogP contribution is -2.35. The number of nitrogens with two attached hydrogens (primary N) is 1. The van der Waals surface area contributed by atoms with Crippen LogP contribution in [0.15, 0.2) is 29.5 Å². The van der Waals surface area contributed by atoms with Crippen LogP contribution in [0.25, 0.3) is 11.0 Å². The first-order valence-electron chi connectivity index (χ1n) is 6.12. The Morgan fingerprint density at radius 2 is 2.16 bits per heavy atom. The van der Waals surface area contributed by atoms with Crippen LogP contribution in [0, 0.1) is 5.92 Å². The molecule has 0 bridgehead atoms. The molecular formula is C13H16N4O2. The molecule has 2 heterocycles. The minimum Gasteiger partial charge on any atom is -0.368 e. The van der Waals surface area contributed by atoms with Gasteiger partial charge >= 0.3 is 0 Å². The summed E-state index contributed by atoms with van der Waals surface area (Å²) in [6.07, 6.45) is 3.41. The van der Waals surface area contributed by atoms with Gasteiger partial charge in [0.05, 0.1) is 5.39 Å². The molecule has 0 spiro atoms. The summed E-state index contributed by atoms with van der Waals surface area (Å²) in [5, 5.41) is 0.389. The zero-order chi connectivity index (χ0) is 14.0. The summed E-state index contributed by atoms with van der Waals surface area (Å²) in [5.74, 6) is -0.283. The number of pyridine rings is 1. The molecule has 0 saturated heterocycles. The molecule has 2 aromatic rings. The number of primary amides is 1. The van der Waals surface area contributed by atoms with Crippen LogP contribution in [0.1, 0.15) is 26.3 Å². The van der Waals surface area contributed by atoms with Crippen LogP contribution in [-0.4, -0.2) is 20.4 Å². The van der Waals surface area contributed by atoms with Crippen molar-refractivity contribution in [3.8, 4) is 0 Å². The Bertz CT molecular complexity index is 663. The maximum atomic E-state index is 12.3. The first kappa shape index (κ1) is 13.2. The number of amides is 1. The Morgan fingerprint density at radius 1 is 1.42 bits per heavy atom. The SMILES string of the molecule is CC(C)C[C@@H](C(N)=O)n1cnc2ncccc2c1=O. The van der Waals surface area contributed by atoms with Crippen molar-refractivity contribution < 1.29 is 4.79 Å². The van der Waals surface area contributed by atoms with Crippen LogP contribution in [-0.2, 0) is 4.79 Å². The van der Waals surface area contributed by atoms with E-state index in [1.807, 2.05) is 13.8 Å². The van der Waals surface area contributed by atoms with Crippen molar-refractivity contribution >= 4 is 16.9 Å². The molecule has 0 aliphatic rings. The number of fused-ring (bicyclic) bond motifs is 1. The third kappa shape index (κ3) is 2.62. The van der Waals surface area contributed by atoms with Crippen LogP contribution >= 0.6 is 0 Å². The number of carbonyl (C=O) groups excluding carboxylic acids is 1. The summed E-state index contributed by atoms with van der Waals surface area (Å²) >= 11 is 0. The van der Waals surface area contributed by atoms with Gasteiger partial charge in [0.15, 0.2) is 5.65 Å². The van der Waals surface area contributed by atoms with E-state index in [9.17, 15) is 9.59 Å². The van der Waals surface area contributed by atoms with Gasteiger partial charge < -0.3 is 5.73 Å². The van der Waals surface area contributed by atoms with Crippen molar-refractivity contribution in [2.24, 2.45) is 11.7 Å². The Kier molecular flexibility index (Phi) is 3.59. The lowest BCUT2D eigenvalue weighted by molar-refractivity contribution is -0.121. The van der Waals surface area contributed by atoms with Crippen LogP contribution in [0.5, 0.6) is 0 Å². The maximum absolute atomic E-state index is 12.3. The Balaban J connectivity index is 2.57. The molecule has 1 amide bonds. The third-order valence-electron chi connectivity index (χ3n) is 2.91. The highest BCUT2D eigenvalue weighted by Crippen LogP contribution is 2.16. The largest absolute Gasteiger partial charge is 0.368 e. The fourth-order valence-electron chi connectivity index (χ4n) is 2.01. The van der Waals surface area contributed by atoms with Gasteiger partial charge in [0, 0.05) is 6.20 Å². The number of nitrogens with zero attached hydrogens (tertiary/aromatic N) is 3. The minimum atomic E-state index is -0.676. The molecule has 0 aromatic carbocycles. The summed E-state index contributed by atoms with van der Waals surface area (Å²) < 4.78 is 1.30. The number of hydrogen-bond acceptors (Lipinski definition) is 4. The fraction of sp³-hybridized carbons (Fsp3) is 0.385. The van der Waals surface area contributed by atoms with Gasteiger partial charge in [-0.3, -0.25) is 14.2 Å². The Morgan fingerprint density at radius 3 is 2.79 bits per heavy atom. The molecule has 1 atom stereocenters. The van der Waals surface area contributed by atoms with Gasteiger partial charge in [-0.1, -0.05) is 13.8 Å². The lowest BCUT2D eigenvalue weighted by Gasteiger charge is -2.18. The first-order chi connectivity index (χ1) is 9.00. The molecule has 0 fully saturated rings. The molecule has 0 radical (unpaired) electrons. The molecule has 100 valence electrons. The Labute approximate surface area is 110 Å². The highest BCUT2D eigenvalue weighted by atomic mass is 16.2. The van der Waals surface area contributed by atoms with Crippen molar-refractivity contribution in [1.82, 2.24) is 14.5 Å². The second-order valence-corrected chi connectivity index (χ2v) is 4.88. The summed E-state index contributed by atoms with van der Waals surface area (Å²) in [5.41, 5.74) is 5.47. The molecule has 0 aliphatic heterocycles. The number of carbonyl (C=O) groups is 1. The monoisotopic (exact) mass is 260 g/mol. The van der Waals surface area contributed by atoms with E-state index in [1.165, 1.54) is 10.9 Å². The Hall–Kier alpha value is -2.24. The first-order valence-corrected chi connectivity index (χ1v) is 6.12. The standard InChI is InChI=1S/C13H16N4O2/c1-8(2)6-10(11(14)18)17-7-16-12-9(13(17)19)4-3-5-15-12/h3-5,7-8,10H,6H2,1-2H3,(H2,14,18)/t10-/m0/s1. The van der Waals surface area contributed by atoms with Gasteiger partial charge in [0.2, 0.25) is 5.91 Å². The lowest BCUT2D eigenvalue weighted by atomic mass is 10.0. The highest BCUT2D eigenvalue weighted by Gasteiger charge is 2.21. The van der Waals surface area contributed by atoms with Gasteiger partial charge in [-0.2, -0.15) is 0 Å². The molecule has 2 aromatic heterocycles. The van der Waals surface area contributed by atoms with Crippen molar-refractivity contribution in [3.05, 3.63) is 35.0 Å².